The van der Waals surface area contributed by atoms with Crippen molar-refractivity contribution in [2.75, 3.05) is 11.9 Å². The van der Waals surface area contributed by atoms with Gasteiger partial charge in [0.15, 0.2) is 0 Å². The van der Waals surface area contributed by atoms with Crippen molar-refractivity contribution in [1.29, 1.82) is 0 Å². The average molecular weight is 379 g/mol. The van der Waals surface area contributed by atoms with Gasteiger partial charge in [-0.15, -0.1) is 0 Å². The molecule has 0 radical (unpaired) electrons. The molecule has 1 N–H and O–H groups in total. The Morgan fingerprint density at radius 2 is 2.00 bits per heavy atom. The molecular weight excluding hydrogens is 367 g/mol. The quantitative estimate of drug-likeness (QED) is 0.550. The van der Waals surface area contributed by atoms with E-state index in [1.54, 1.807) is 30.1 Å². The normalized spacial score (nSPS) is 10.8. The third kappa shape index (κ3) is 3.42. The highest BCUT2D eigenvalue weighted by atomic mass is 35.5. The van der Waals surface area contributed by atoms with Crippen molar-refractivity contribution in [3.63, 3.8) is 0 Å². The number of rotatable bonds is 4. The Bertz CT molecular complexity index is 1040. The number of nitro groups is 1. The number of aromatic amines is 1. The van der Waals surface area contributed by atoms with Gasteiger partial charge in [0.1, 0.15) is 5.69 Å². The second-order valence-electron chi connectivity index (χ2n) is 5.45. The third-order valence-electron chi connectivity index (χ3n) is 3.75. The first kappa shape index (κ1) is 17.2. The first-order valence-electron chi connectivity index (χ1n) is 7.17. The van der Waals surface area contributed by atoms with Crippen molar-refractivity contribution in [2.24, 2.45) is 0 Å². The number of nitro benzene ring substituents is 1. The largest absolute Gasteiger partial charge is 0.365 e. The van der Waals surface area contributed by atoms with E-state index in [2.05, 4.69) is 9.97 Å². The lowest BCUT2D eigenvalue weighted by Gasteiger charge is -2.20. The summed E-state index contributed by atoms with van der Waals surface area (Å²) in [5.41, 5.74) is 0.970. The Hall–Kier alpha value is -2.64. The minimum atomic E-state index is -0.521. The molecule has 1 heterocycles. The van der Waals surface area contributed by atoms with Crippen molar-refractivity contribution < 1.29 is 4.92 Å². The summed E-state index contributed by atoms with van der Waals surface area (Å²) in [7, 11) is 1.71. The SMILES string of the molecule is CN(Cc1ccc(Cl)c(Cl)c1)c1cc2nc[nH]c(=O)c2cc1[N+](=O)[O-]. The van der Waals surface area contributed by atoms with E-state index < -0.39 is 10.5 Å². The van der Waals surface area contributed by atoms with Crippen LogP contribution in [-0.4, -0.2) is 21.9 Å². The molecule has 1 aromatic heterocycles. The van der Waals surface area contributed by atoms with Gasteiger partial charge in [-0.3, -0.25) is 14.9 Å². The van der Waals surface area contributed by atoms with Gasteiger partial charge < -0.3 is 9.88 Å². The number of aromatic nitrogens is 2. The Morgan fingerprint density at radius 3 is 2.68 bits per heavy atom. The summed E-state index contributed by atoms with van der Waals surface area (Å²) in [5, 5.41) is 12.5. The molecule has 0 aliphatic rings. The molecule has 0 aliphatic heterocycles. The summed E-state index contributed by atoms with van der Waals surface area (Å²) in [6, 6.07) is 7.93. The fourth-order valence-electron chi connectivity index (χ4n) is 2.54. The lowest BCUT2D eigenvalue weighted by atomic mass is 10.1. The van der Waals surface area contributed by atoms with Crippen LogP contribution in [0.3, 0.4) is 0 Å². The molecule has 2 aromatic carbocycles. The van der Waals surface area contributed by atoms with Crippen LogP contribution in [0.1, 0.15) is 5.56 Å². The number of nitrogens with one attached hydrogen (secondary N) is 1. The van der Waals surface area contributed by atoms with Crippen LogP contribution in [0, 0.1) is 10.1 Å². The molecule has 3 rings (SSSR count). The summed E-state index contributed by atoms with van der Waals surface area (Å²) < 4.78 is 0. The smallest absolute Gasteiger partial charge is 0.293 e. The molecule has 0 bridgehead atoms. The molecule has 0 saturated carbocycles. The average Bonchev–Trinajstić information content (AvgIpc) is 2.57. The van der Waals surface area contributed by atoms with Crippen LogP contribution in [0.15, 0.2) is 41.5 Å². The van der Waals surface area contributed by atoms with Gasteiger partial charge in [-0.05, 0) is 23.8 Å². The Morgan fingerprint density at radius 1 is 1.24 bits per heavy atom. The zero-order chi connectivity index (χ0) is 18.1. The van der Waals surface area contributed by atoms with Crippen LogP contribution in [0.25, 0.3) is 10.9 Å². The van der Waals surface area contributed by atoms with Crippen LogP contribution in [-0.2, 0) is 6.54 Å². The molecule has 0 amide bonds. The number of hydrogen-bond acceptors (Lipinski definition) is 5. The first-order valence-corrected chi connectivity index (χ1v) is 7.93. The van der Waals surface area contributed by atoms with Gasteiger partial charge in [0.25, 0.3) is 11.2 Å². The molecule has 0 saturated heterocycles. The summed E-state index contributed by atoms with van der Waals surface area (Å²) in [5.74, 6) is 0. The second kappa shape index (κ2) is 6.70. The van der Waals surface area contributed by atoms with Crippen LogP contribution >= 0.6 is 23.2 Å². The van der Waals surface area contributed by atoms with E-state index in [0.29, 0.717) is 27.8 Å². The Labute approximate surface area is 152 Å². The number of halogens is 2. The Kier molecular flexibility index (Phi) is 4.61. The van der Waals surface area contributed by atoms with Crippen LogP contribution < -0.4 is 10.5 Å². The number of fused-ring (bicyclic) bond motifs is 1. The monoisotopic (exact) mass is 378 g/mol. The fraction of sp³-hybridized carbons (Fsp3) is 0.125. The molecule has 0 atom stereocenters. The maximum Gasteiger partial charge on any atom is 0.293 e. The highest BCUT2D eigenvalue weighted by molar-refractivity contribution is 6.42. The molecule has 0 fully saturated rings. The van der Waals surface area contributed by atoms with E-state index in [0.717, 1.165) is 5.56 Å². The van der Waals surface area contributed by atoms with Crippen molar-refractivity contribution in [3.05, 3.63) is 72.7 Å². The van der Waals surface area contributed by atoms with Crippen molar-refractivity contribution in [2.45, 2.75) is 6.54 Å². The molecule has 25 heavy (non-hydrogen) atoms. The van der Waals surface area contributed by atoms with E-state index in [4.69, 9.17) is 23.2 Å². The van der Waals surface area contributed by atoms with Crippen LogP contribution in [0.5, 0.6) is 0 Å². The predicted molar refractivity (Wildman–Crippen MR) is 97.6 cm³/mol. The van der Waals surface area contributed by atoms with Gasteiger partial charge in [0.05, 0.1) is 32.2 Å². The third-order valence-corrected chi connectivity index (χ3v) is 4.49. The zero-order valence-corrected chi connectivity index (χ0v) is 14.5. The highest BCUT2D eigenvalue weighted by Crippen LogP contribution is 2.32. The van der Waals surface area contributed by atoms with E-state index in [1.807, 2.05) is 0 Å². The summed E-state index contributed by atoms with van der Waals surface area (Å²) in [4.78, 5) is 30.9. The second-order valence-corrected chi connectivity index (χ2v) is 6.27. The minimum absolute atomic E-state index is 0.167. The number of nitrogens with zero attached hydrogens (tertiary/aromatic N) is 3. The number of anilines is 1. The molecule has 7 nitrogen and oxygen atoms in total. The van der Waals surface area contributed by atoms with E-state index in [9.17, 15) is 14.9 Å². The van der Waals surface area contributed by atoms with E-state index in [-0.39, 0.29) is 11.1 Å². The molecule has 0 aliphatic carbocycles. The lowest BCUT2D eigenvalue weighted by Crippen LogP contribution is -2.18. The molecule has 128 valence electrons. The molecule has 0 spiro atoms. The lowest BCUT2D eigenvalue weighted by molar-refractivity contribution is -0.384. The zero-order valence-electron chi connectivity index (χ0n) is 13.0. The van der Waals surface area contributed by atoms with E-state index in [1.165, 1.54) is 18.5 Å². The maximum atomic E-state index is 11.8. The number of H-pyrrole nitrogens is 1. The molecule has 3 aromatic rings. The predicted octanol–water partition coefficient (Wildman–Crippen LogP) is 3.77. The molecule has 9 heteroatoms. The van der Waals surface area contributed by atoms with Crippen molar-refractivity contribution >= 4 is 45.5 Å². The minimum Gasteiger partial charge on any atom is -0.365 e. The summed E-state index contributed by atoms with van der Waals surface area (Å²) in [6.45, 7) is 0.367. The van der Waals surface area contributed by atoms with Gasteiger partial charge in [0, 0.05) is 19.7 Å². The van der Waals surface area contributed by atoms with Gasteiger partial charge in [-0.1, -0.05) is 29.3 Å². The summed E-state index contributed by atoms with van der Waals surface area (Å²) in [6.07, 6.45) is 1.26. The van der Waals surface area contributed by atoms with Crippen LogP contribution in [0.2, 0.25) is 10.0 Å². The van der Waals surface area contributed by atoms with Gasteiger partial charge in [0.2, 0.25) is 0 Å². The fourth-order valence-corrected chi connectivity index (χ4v) is 2.86. The van der Waals surface area contributed by atoms with Crippen molar-refractivity contribution in [3.8, 4) is 0 Å². The van der Waals surface area contributed by atoms with Crippen molar-refractivity contribution in [1.82, 2.24) is 9.97 Å². The summed E-state index contributed by atoms with van der Waals surface area (Å²) >= 11 is 11.9. The maximum absolute atomic E-state index is 11.8. The first-order chi connectivity index (χ1) is 11.9. The molecule has 0 unspecified atom stereocenters. The van der Waals surface area contributed by atoms with Gasteiger partial charge in [-0.25, -0.2) is 4.98 Å². The van der Waals surface area contributed by atoms with E-state index >= 15 is 0 Å². The Balaban J connectivity index is 2.06. The highest BCUT2D eigenvalue weighted by Gasteiger charge is 2.20. The number of benzene rings is 2. The number of hydrogen-bond donors (Lipinski definition) is 1. The molecular formula is C16H12Cl2N4O3. The van der Waals surface area contributed by atoms with Crippen LogP contribution in [0.4, 0.5) is 11.4 Å². The standard InChI is InChI=1S/C16H12Cl2N4O3/c1-21(7-9-2-3-11(17)12(18)4-9)14-6-13-10(5-15(14)22(24)25)16(23)20-8-19-13/h2-6,8H,7H2,1H3,(H,19,20,23). The topological polar surface area (TPSA) is 92.1 Å². The van der Waals surface area contributed by atoms with Gasteiger partial charge in [-0.2, -0.15) is 0 Å². The van der Waals surface area contributed by atoms with Gasteiger partial charge >= 0.3 is 0 Å².